The minimum Gasteiger partial charge on any atom is -0.491 e. The zero-order valence-electron chi connectivity index (χ0n) is 17.9. The number of hydrogen-bond acceptors (Lipinski definition) is 1. The van der Waals surface area contributed by atoms with Crippen LogP contribution < -0.4 is 4.74 Å². The van der Waals surface area contributed by atoms with Gasteiger partial charge in [-0.05, 0) is 43.2 Å². The maximum Gasteiger partial charge on any atom is 0.119 e. The molecule has 2 rings (SSSR count). The van der Waals surface area contributed by atoms with E-state index in [9.17, 15) is 0 Å². The van der Waals surface area contributed by atoms with E-state index in [-0.39, 0.29) is 11.5 Å². The molecule has 0 bridgehead atoms. The molecule has 26 heavy (non-hydrogen) atoms. The maximum absolute atomic E-state index is 5.77. The molecule has 0 N–H and O–H groups in total. The van der Waals surface area contributed by atoms with Gasteiger partial charge in [-0.2, -0.15) is 0 Å². The van der Waals surface area contributed by atoms with Gasteiger partial charge in [-0.1, -0.05) is 88.3 Å². The molecule has 0 saturated heterocycles. The Morgan fingerprint density at radius 1 is 0.808 bits per heavy atom. The minimum atomic E-state index is -1.18. The van der Waals surface area contributed by atoms with Crippen LogP contribution in [0.25, 0.3) is 0 Å². The molecule has 0 spiro atoms. The van der Waals surface area contributed by atoms with Gasteiger partial charge in [0.1, 0.15) is 5.75 Å². The zero-order valence-corrected chi connectivity index (χ0v) is 18.9. The molecule has 0 aliphatic carbocycles. The zero-order chi connectivity index (χ0) is 19.5. The topological polar surface area (TPSA) is 9.23 Å². The third-order valence-corrected chi connectivity index (χ3v) is 10.3. The highest BCUT2D eigenvalue weighted by atomic mass is 28.3. The Hall–Kier alpha value is -1.54. The van der Waals surface area contributed by atoms with Crippen molar-refractivity contribution in [3.8, 4) is 5.75 Å². The van der Waals surface area contributed by atoms with E-state index in [2.05, 4.69) is 103 Å². The van der Waals surface area contributed by atoms with Gasteiger partial charge in [0.25, 0.3) is 0 Å². The third kappa shape index (κ3) is 5.00. The van der Waals surface area contributed by atoms with Crippen molar-refractivity contribution < 1.29 is 4.74 Å². The van der Waals surface area contributed by atoms with Crippen LogP contribution in [0.5, 0.6) is 5.75 Å². The van der Waals surface area contributed by atoms with Gasteiger partial charge in [0.15, 0.2) is 0 Å². The quantitative estimate of drug-likeness (QED) is 0.478. The average Bonchev–Trinajstić information content (AvgIpc) is 2.55. The van der Waals surface area contributed by atoms with Crippen LogP contribution >= 0.6 is 0 Å². The summed E-state index contributed by atoms with van der Waals surface area (Å²) >= 11 is 0. The van der Waals surface area contributed by atoms with Gasteiger partial charge in [-0.25, -0.2) is 0 Å². The lowest BCUT2D eigenvalue weighted by atomic mass is 9.78. The first-order chi connectivity index (χ1) is 12.0. The van der Waals surface area contributed by atoms with E-state index in [1.54, 1.807) is 0 Å². The van der Waals surface area contributed by atoms with Crippen LogP contribution in [0.4, 0.5) is 0 Å². The SMILES string of the molecule is CC(C)Oc1ccc(C(C)(C)c2ccc(C[Si](C)(C)C(C)C)cc2)cc1. The van der Waals surface area contributed by atoms with E-state index >= 15 is 0 Å². The van der Waals surface area contributed by atoms with Crippen molar-refractivity contribution in [2.75, 3.05) is 0 Å². The van der Waals surface area contributed by atoms with E-state index in [1.165, 1.54) is 22.7 Å². The number of hydrogen-bond donors (Lipinski definition) is 0. The van der Waals surface area contributed by atoms with Gasteiger partial charge in [0, 0.05) is 5.41 Å². The summed E-state index contributed by atoms with van der Waals surface area (Å²) in [5.74, 6) is 0.941. The molecule has 0 aliphatic heterocycles. The van der Waals surface area contributed by atoms with Crippen molar-refractivity contribution in [3.05, 3.63) is 65.2 Å². The fraction of sp³-hybridized carbons (Fsp3) is 0.500. The molecule has 2 aromatic carbocycles. The van der Waals surface area contributed by atoms with E-state index in [4.69, 9.17) is 4.74 Å². The normalized spacial score (nSPS) is 12.7. The van der Waals surface area contributed by atoms with E-state index < -0.39 is 8.07 Å². The van der Waals surface area contributed by atoms with E-state index in [0.717, 1.165) is 11.3 Å². The van der Waals surface area contributed by atoms with Gasteiger partial charge in [0.2, 0.25) is 0 Å². The molecule has 0 saturated carbocycles. The summed E-state index contributed by atoms with van der Waals surface area (Å²) in [6.07, 6.45) is 0.208. The van der Waals surface area contributed by atoms with Crippen LogP contribution in [0.3, 0.4) is 0 Å². The summed E-state index contributed by atoms with van der Waals surface area (Å²) in [5, 5.41) is 0. The third-order valence-electron chi connectivity index (χ3n) is 5.85. The first-order valence-electron chi connectivity index (χ1n) is 9.89. The van der Waals surface area contributed by atoms with Crippen LogP contribution in [-0.2, 0) is 11.5 Å². The molecule has 142 valence electrons. The van der Waals surface area contributed by atoms with Crippen molar-refractivity contribution in [2.24, 2.45) is 0 Å². The van der Waals surface area contributed by atoms with Crippen LogP contribution in [0.15, 0.2) is 48.5 Å². The Morgan fingerprint density at radius 3 is 1.69 bits per heavy atom. The first kappa shape index (κ1) is 20.8. The molecule has 0 heterocycles. The van der Waals surface area contributed by atoms with Crippen LogP contribution in [0.1, 0.15) is 58.2 Å². The van der Waals surface area contributed by atoms with Crippen LogP contribution in [0, 0.1) is 0 Å². The highest BCUT2D eigenvalue weighted by molar-refractivity contribution is 6.78. The van der Waals surface area contributed by atoms with Crippen LogP contribution in [0.2, 0.25) is 18.6 Å². The molecule has 0 fully saturated rings. The van der Waals surface area contributed by atoms with E-state index in [0.29, 0.717) is 0 Å². The lowest BCUT2D eigenvalue weighted by molar-refractivity contribution is 0.242. The summed E-state index contributed by atoms with van der Waals surface area (Å²) in [6, 6.07) is 19.1. The van der Waals surface area contributed by atoms with E-state index in [1.807, 2.05) is 0 Å². The van der Waals surface area contributed by atoms with Crippen LogP contribution in [-0.4, -0.2) is 14.2 Å². The van der Waals surface area contributed by atoms with Gasteiger partial charge < -0.3 is 4.74 Å². The molecule has 0 unspecified atom stereocenters. The number of rotatable bonds is 7. The molecule has 0 amide bonds. The Bertz CT molecular complexity index is 694. The highest BCUT2D eigenvalue weighted by Crippen LogP contribution is 2.33. The molecule has 0 atom stereocenters. The summed E-state index contributed by atoms with van der Waals surface area (Å²) in [6.45, 7) is 18.4. The molecular formula is C24H36OSi. The molecule has 0 radical (unpaired) electrons. The van der Waals surface area contributed by atoms with Gasteiger partial charge in [-0.15, -0.1) is 0 Å². The second-order valence-corrected chi connectivity index (χ2v) is 14.8. The van der Waals surface area contributed by atoms with Crippen molar-refractivity contribution in [1.29, 1.82) is 0 Å². The predicted octanol–water partition coefficient (Wildman–Crippen LogP) is 7.00. The monoisotopic (exact) mass is 368 g/mol. The summed E-state index contributed by atoms with van der Waals surface area (Å²) < 4.78 is 5.77. The fourth-order valence-electron chi connectivity index (χ4n) is 3.16. The Kier molecular flexibility index (Phi) is 6.39. The highest BCUT2D eigenvalue weighted by Gasteiger charge is 2.26. The second-order valence-electron chi connectivity index (χ2n) is 9.33. The van der Waals surface area contributed by atoms with Gasteiger partial charge >= 0.3 is 0 Å². The fourth-order valence-corrected chi connectivity index (χ4v) is 4.85. The minimum absolute atomic E-state index is 0.0140. The standard InChI is InChI=1S/C24H36OSi/c1-18(2)25-23-15-13-22(14-16-23)24(5,6)21-11-9-20(10-12-21)17-26(7,8)19(3)4/h9-16,18-19H,17H2,1-8H3. The van der Waals surface area contributed by atoms with Crippen molar-refractivity contribution in [3.63, 3.8) is 0 Å². The molecule has 1 nitrogen and oxygen atoms in total. The van der Waals surface area contributed by atoms with Crippen molar-refractivity contribution >= 4 is 8.07 Å². The van der Waals surface area contributed by atoms with Gasteiger partial charge in [0.05, 0.1) is 14.2 Å². The molecule has 2 heteroatoms. The Morgan fingerprint density at radius 2 is 1.27 bits per heavy atom. The average molecular weight is 369 g/mol. The molecule has 2 aromatic rings. The van der Waals surface area contributed by atoms with Gasteiger partial charge in [-0.3, -0.25) is 0 Å². The first-order valence-corrected chi connectivity index (χ1v) is 13.2. The molecule has 0 aromatic heterocycles. The lowest BCUT2D eigenvalue weighted by Gasteiger charge is -2.29. The molecule has 0 aliphatic rings. The summed E-state index contributed by atoms with van der Waals surface area (Å²) in [5.41, 5.74) is 4.96. The second kappa shape index (κ2) is 8.00. The largest absolute Gasteiger partial charge is 0.491 e. The Labute approximate surface area is 161 Å². The summed E-state index contributed by atoms with van der Waals surface area (Å²) in [7, 11) is -1.18. The molecular weight excluding hydrogens is 332 g/mol. The summed E-state index contributed by atoms with van der Waals surface area (Å²) in [4.78, 5) is 0. The lowest BCUT2D eigenvalue weighted by Crippen LogP contribution is -2.33. The smallest absolute Gasteiger partial charge is 0.119 e. The maximum atomic E-state index is 5.77. The number of benzene rings is 2. The number of ether oxygens (including phenoxy) is 1. The van der Waals surface area contributed by atoms with Crippen molar-refractivity contribution in [2.45, 2.75) is 77.7 Å². The predicted molar refractivity (Wildman–Crippen MR) is 117 cm³/mol. The van der Waals surface area contributed by atoms with Crippen molar-refractivity contribution in [1.82, 2.24) is 0 Å². The Balaban J connectivity index is 2.18.